The van der Waals surface area contributed by atoms with E-state index in [-0.39, 0.29) is 0 Å². The number of aromatic nitrogens is 2. The Hall–Kier alpha value is -2.02. The molecule has 0 atom stereocenters. The van der Waals surface area contributed by atoms with E-state index in [1.807, 2.05) is 4.57 Å². The van der Waals surface area contributed by atoms with Crippen LogP contribution in [0.25, 0.3) is 0 Å². The molecule has 0 aliphatic carbocycles. The van der Waals surface area contributed by atoms with Crippen molar-refractivity contribution in [2.75, 3.05) is 43.4 Å². The zero-order valence-electron chi connectivity index (χ0n) is 11.1. The van der Waals surface area contributed by atoms with E-state index >= 15 is 0 Å². The first-order valence-electron chi connectivity index (χ1n) is 6.33. The zero-order valence-corrected chi connectivity index (χ0v) is 11.1. The number of anilines is 2. The van der Waals surface area contributed by atoms with Crippen molar-refractivity contribution in [2.24, 2.45) is 5.73 Å². The summed E-state index contributed by atoms with van der Waals surface area (Å²) >= 11 is 0. The summed E-state index contributed by atoms with van der Waals surface area (Å²) in [7, 11) is 1.73. The van der Waals surface area contributed by atoms with Crippen molar-refractivity contribution >= 4 is 17.7 Å². The van der Waals surface area contributed by atoms with Crippen LogP contribution in [-0.4, -0.2) is 48.7 Å². The number of rotatable bonds is 5. The van der Waals surface area contributed by atoms with Gasteiger partial charge in [0, 0.05) is 39.8 Å². The number of nitrogens with one attached hydrogen (secondary N) is 2. The maximum atomic E-state index is 11.6. The van der Waals surface area contributed by atoms with E-state index in [1.165, 1.54) is 0 Å². The normalized spacial score (nSPS) is 15.3. The summed E-state index contributed by atoms with van der Waals surface area (Å²) in [6.07, 6.45) is 1.74. The van der Waals surface area contributed by atoms with Crippen LogP contribution in [0, 0.1) is 0 Å². The van der Waals surface area contributed by atoms with Crippen LogP contribution in [0.15, 0.2) is 12.7 Å². The number of hydrogen-bond acceptors (Lipinski definition) is 5. The molecular weight excluding hydrogens is 244 g/mol. The second-order valence-corrected chi connectivity index (χ2v) is 4.36. The summed E-state index contributed by atoms with van der Waals surface area (Å²) in [6.45, 7) is 7.75. The Kier molecular flexibility index (Phi) is 4.06. The summed E-state index contributed by atoms with van der Waals surface area (Å²) in [4.78, 5) is 18.3. The molecule has 1 aliphatic heterocycles. The molecule has 2 rings (SSSR count). The second-order valence-electron chi connectivity index (χ2n) is 4.36. The van der Waals surface area contributed by atoms with E-state index in [2.05, 4.69) is 27.1 Å². The quantitative estimate of drug-likeness (QED) is 0.631. The third kappa shape index (κ3) is 2.55. The van der Waals surface area contributed by atoms with Crippen molar-refractivity contribution in [3.8, 4) is 0 Å². The summed E-state index contributed by atoms with van der Waals surface area (Å²) < 4.78 is 1.81. The molecule has 19 heavy (non-hydrogen) atoms. The largest absolute Gasteiger partial charge is 0.371 e. The standard InChI is InChI=1S/C12H20N6O/c1-3-6-18-9(10(13)19)11(14-2)16-12(18)17-7-4-15-5-8-17/h3,14-15H,1,4-8H2,2H3,(H2,13,19). The van der Waals surface area contributed by atoms with Gasteiger partial charge in [-0.2, -0.15) is 4.98 Å². The van der Waals surface area contributed by atoms with Crippen molar-refractivity contribution in [3.05, 3.63) is 18.3 Å². The van der Waals surface area contributed by atoms with Gasteiger partial charge < -0.3 is 25.8 Å². The Morgan fingerprint density at radius 2 is 2.26 bits per heavy atom. The van der Waals surface area contributed by atoms with Gasteiger partial charge in [0.1, 0.15) is 0 Å². The van der Waals surface area contributed by atoms with E-state index in [0.29, 0.717) is 18.1 Å². The maximum absolute atomic E-state index is 11.6. The first-order valence-corrected chi connectivity index (χ1v) is 6.33. The van der Waals surface area contributed by atoms with E-state index in [4.69, 9.17) is 5.73 Å². The van der Waals surface area contributed by atoms with E-state index in [1.54, 1.807) is 13.1 Å². The van der Waals surface area contributed by atoms with E-state index in [9.17, 15) is 4.79 Å². The van der Waals surface area contributed by atoms with Gasteiger partial charge in [0.2, 0.25) is 5.95 Å². The van der Waals surface area contributed by atoms with Crippen molar-refractivity contribution in [3.63, 3.8) is 0 Å². The van der Waals surface area contributed by atoms with Crippen LogP contribution in [0.1, 0.15) is 10.5 Å². The average molecular weight is 264 g/mol. The molecule has 0 unspecified atom stereocenters. The number of carbonyl (C=O) groups excluding carboxylic acids is 1. The predicted molar refractivity (Wildman–Crippen MR) is 75.6 cm³/mol. The minimum atomic E-state index is -0.486. The number of primary amides is 1. The number of carbonyl (C=O) groups is 1. The number of hydrogen-bond donors (Lipinski definition) is 3. The van der Waals surface area contributed by atoms with Gasteiger partial charge >= 0.3 is 0 Å². The SMILES string of the molecule is C=CCn1c(N2CCNCC2)nc(NC)c1C(N)=O. The van der Waals surface area contributed by atoms with Crippen LogP contribution in [0.2, 0.25) is 0 Å². The summed E-state index contributed by atoms with van der Waals surface area (Å²) in [5.41, 5.74) is 5.86. The molecule has 1 aromatic heterocycles. The van der Waals surface area contributed by atoms with Gasteiger partial charge in [0.15, 0.2) is 11.5 Å². The van der Waals surface area contributed by atoms with Gasteiger partial charge in [-0.05, 0) is 0 Å². The number of allylic oxidation sites excluding steroid dienone is 1. The van der Waals surface area contributed by atoms with Crippen LogP contribution in [0.3, 0.4) is 0 Å². The molecule has 0 radical (unpaired) electrons. The van der Waals surface area contributed by atoms with Crippen LogP contribution in [0.5, 0.6) is 0 Å². The smallest absolute Gasteiger partial charge is 0.269 e. The van der Waals surface area contributed by atoms with Crippen LogP contribution in [-0.2, 0) is 6.54 Å². The monoisotopic (exact) mass is 264 g/mol. The lowest BCUT2D eigenvalue weighted by Crippen LogP contribution is -2.44. The Morgan fingerprint density at radius 3 is 2.79 bits per heavy atom. The molecule has 7 heteroatoms. The van der Waals surface area contributed by atoms with Gasteiger partial charge in [-0.3, -0.25) is 4.79 Å². The first-order chi connectivity index (χ1) is 9.19. The molecule has 1 aromatic rings. The second kappa shape index (κ2) is 5.75. The first kappa shape index (κ1) is 13.4. The lowest BCUT2D eigenvalue weighted by atomic mass is 10.3. The fourth-order valence-electron chi connectivity index (χ4n) is 2.27. The van der Waals surface area contributed by atoms with Crippen LogP contribution in [0.4, 0.5) is 11.8 Å². The van der Waals surface area contributed by atoms with Gasteiger partial charge in [-0.15, -0.1) is 6.58 Å². The topological polar surface area (TPSA) is 88.2 Å². The Morgan fingerprint density at radius 1 is 1.58 bits per heavy atom. The lowest BCUT2D eigenvalue weighted by Gasteiger charge is -2.28. The van der Waals surface area contributed by atoms with Gasteiger partial charge in [0.25, 0.3) is 5.91 Å². The van der Waals surface area contributed by atoms with E-state index < -0.39 is 5.91 Å². The molecule has 2 heterocycles. The molecule has 7 nitrogen and oxygen atoms in total. The lowest BCUT2D eigenvalue weighted by molar-refractivity contribution is 0.0993. The average Bonchev–Trinajstić information content (AvgIpc) is 2.79. The third-order valence-electron chi connectivity index (χ3n) is 3.13. The van der Waals surface area contributed by atoms with Gasteiger partial charge in [-0.25, -0.2) is 0 Å². The third-order valence-corrected chi connectivity index (χ3v) is 3.13. The van der Waals surface area contributed by atoms with Crippen molar-refractivity contribution in [1.29, 1.82) is 0 Å². The summed E-state index contributed by atoms with van der Waals surface area (Å²) in [5.74, 6) is 0.794. The molecule has 4 N–H and O–H groups in total. The van der Waals surface area contributed by atoms with Crippen molar-refractivity contribution < 1.29 is 4.79 Å². The number of amides is 1. The minimum Gasteiger partial charge on any atom is -0.371 e. The highest BCUT2D eigenvalue weighted by Crippen LogP contribution is 2.23. The van der Waals surface area contributed by atoms with Crippen molar-refractivity contribution in [2.45, 2.75) is 6.54 Å². The number of imidazole rings is 1. The molecule has 0 aromatic carbocycles. The van der Waals surface area contributed by atoms with Gasteiger partial charge in [0.05, 0.1) is 0 Å². The maximum Gasteiger partial charge on any atom is 0.269 e. The summed E-state index contributed by atoms with van der Waals surface area (Å²) in [5, 5.41) is 6.21. The zero-order chi connectivity index (χ0) is 13.8. The number of nitrogens with two attached hydrogens (primary N) is 1. The molecule has 0 spiro atoms. The molecule has 0 bridgehead atoms. The number of piperazine rings is 1. The molecule has 1 fully saturated rings. The highest BCUT2D eigenvalue weighted by atomic mass is 16.1. The molecular formula is C12H20N6O. The highest BCUT2D eigenvalue weighted by Gasteiger charge is 2.24. The number of nitrogens with zero attached hydrogens (tertiary/aromatic N) is 3. The summed E-state index contributed by atoms with van der Waals surface area (Å²) in [6, 6.07) is 0. The molecule has 1 saturated heterocycles. The molecule has 0 saturated carbocycles. The van der Waals surface area contributed by atoms with E-state index in [0.717, 1.165) is 32.1 Å². The fourth-order valence-corrected chi connectivity index (χ4v) is 2.27. The van der Waals surface area contributed by atoms with Gasteiger partial charge in [-0.1, -0.05) is 6.08 Å². The Balaban J connectivity index is 2.45. The van der Waals surface area contributed by atoms with Crippen LogP contribution >= 0.6 is 0 Å². The fraction of sp³-hybridized carbons (Fsp3) is 0.500. The minimum absolute atomic E-state index is 0.399. The Bertz CT molecular complexity index is 475. The molecule has 104 valence electrons. The predicted octanol–water partition coefficient (Wildman–Crippen LogP) is -0.381. The van der Waals surface area contributed by atoms with Crippen molar-refractivity contribution in [1.82, 2.24) is 14.9 Å². The highest BCUT2D eigenvalue weighted by molar-refractivity contribution is 5.96. The van der Waals surface area contributed by atoms with Crippen LogP contribution < -0.4 is 21.3 Å². The Labute approximate surface area is 112 Å². The molecule has 1 amide bonds. The molecule has 1 aliphatic rings.